The summed E-state index contributed by atoms with van der Waals surface area (Å²) in [6.45, 7) is 0.163. The Labute approximate surface area is 111 Å². The third-order valence-electron chi connectivity index (χ3n) is 2.00. The fraction of sp³-hybridized carbons (Fsp3) is 0.300. The van der Waals surface area contributed by atoms with Crippen LogP contribution in [-0.4, -0.2) is 39.9 Å². The van der Waals surface area contributed by atoms with Gasteiger partial charge in [0, 0.05) is 0 Å². The smallest absolute Gasteiger partial charge is 0.238 e. The number of nitrogens with two attached hydrogens (primary N) is 1. The molecule has 0 aliphatic heterocycles. The Kier molecular flexibility index (Phi) is 4.69. The Balaban J connectivity index is 2.99. The van der Waals surface area contributed by atoms with Crippen LogP contribution in [0.1, 0.15) is 0 Å². The molecule has 100 valence electrons. The van der Waals surface area contributed by atoms with Crippen molar-refractivity contribution in [1.29, 1.82) is 0 Å². The molecule has 1 amide bonds. The van der Waals surface area contributed by atoms with Crippen LogP contribution in [0.25, 0.3) is 0 Å². The number of anilines is 1. The monoisotopic (exact) mass is 291 g/mol. The van der Waals surface area contributed by atoms with Crippen LogP contribution in [0.2, 0.25) is 5.02 Å². The third kappa shape index (κ3) is 4.26. The minimum absolute atomic E-state index is 0.105. The Morgan fingerprint density at radius 1 is 1.44 bits per heavy atom. The Morgan fingerprint density at radius 3 is 2.56 bits per heavy atom. The van der Waals surface area contributed by atoms with Gasteiger partial charge < -0.3 is 10.2 Å². The van der Waals surface area contributed by atoms with Gasteiger partial charge in [0.1, 0.15) is 0 Å². The van der Waals surface area contributed by atoms with Crippen molar-refractivity contribution in [3.63, 3.8) is 0 Å². The molecule has 0 aliphatic rings. The number of likely N-dealkylation sites (N-methyl/N-ethyl adjacent to an activating group) is 1. The van der Waals surface area contributed by atoms with E-state index in [0.717, 1.165) is 0 Å². The van der Waals surface area contributed by atoms with Gasteiger partial charge in [-0.05, 0) is 32.3 Å². The van der Waals surface area contributed by atoms with Crippen molar-refractivity contribution in [1.82, 2.24) is 4.90 Å². The number of amides is 1. The largest absolute Gasteiger partial charge is 0.324 e. The number of nitrogens with zero attached hydrogens (tertiary/aromatic N) is 1. The zero-order chi connectivity index (χ0) is 13.9. The van der Waals surface area contributed by atoms with Gasteiger partial charge in [-0.15, -0.1) is 0 Å². The molecule has 18 heavy (non-hydrogen) atoms. The predicted octanol–water partition coefficient (Wildman–Crippen LogP) is 0.488. The number of hydrogen-bond acceptors (Lipinski definition) is 4. The molecule has 0 heterocycles. The lowest BCUT2D eigenvalue weighted by atomic mass is 10.3. The summed E-state index contributed by atoms with van der Waals surface area (Å²) in [5, 5.41) is 7.76. The first-order chi connectivity index (χ1) is 8.20. The number of halogens is 1. The molecular formula is C10H14ClN3O3S. The van der Waals surface area contributed by atoms with Crippen LogP contribution in [0.15, 0.2) is 23.1 Å². The highest BCUT2D eigenvalue weighted by atomic mass is 35.5. The van der Waals surface area contributed by atoms with Gasteiger partial charge in [0.2, 0.25) is 15.9 Å². The van der Waals surface area contributed by atoms with Crippen molar-refractivity contribution < 1.29 is 13.2 Å². The minimum Gasteiger partial charge on any atom is -0.324 e. The fourth-order valence-electron chi connectivity index (χ4n) is 1.25. The van der Waals surface area contributed by atoms with Gasteiger partial charge in [0.15, 0.2) is 0 Å². The Bertz CT molecular complexity index is 557. The van der Waals surface area contributed by atoms with Crippen LogP contribution in [-0.2, 0) is 14.8 Å². The van der Waals surface area contributed by atoms with E-state index in [4.69, 9.17) is 16.7 Å². The van der Waals surface area contributed by atoms with Gasteiger partial charge in [-0.2, -0.15) is 0 Å². The maximum absolute atomic E-state index is 11.5. The number of carbonyl (C=O) groups excluding carboxylic acids is 1. The molecule has 0 saturated carbocycles. The molecule has 1 aromatic carbocycles. The molecule has 8 heteroatoms. The minimum atomic E-state index is -3.82. The number of nitrogens with one attached hydrogen (secondary N) is 1. The third-order valence-corrected chi connectivity index (χ3v) is 3.24. The van der Waals surface area contributed by atoms with Gasteiger partial charge >= 0.3 is 0 Å². The molecule has 0 bridgehead atoms. The van der Waals surface area contributed by atoms with E-state index in [1.807, 2.05) is 0 Å². The molecule has 0 unspecified atom stereocenters. The molecule has 3 N–H and O–H groups in total. The summed E-state index contributed by atoms with van der Waals surface area (Å²) in [7, 11) is -0.345. The number of benzene rings is 1. The molecule has 0 aliphatic carbocycles. The van der Waals surface area contributed by atoms with Crippen LogP contribution in [0.4, 0.5) is 5.69 Å². The summed E-state index contributed by atoms with van der Waals surface area (Å²) in [5.74, 6) is -0.298. The lowest BCUT2D eigenvalue weighted by Gasteiger charge is -2.11. The average molecular weight is 292 g/mol. The molecule has 0 spiro atoms. The Morgan fingerprint density at radius 2 is 2.06 bits per heavy atom. The van der Waals surface area contributed by atoms with Gasteiger partial charge in [-0.3, -0.25) is 4.79 Å². The van der Waals surface area contributed by atoms with Crippen molar-refractivity contribution in [2.24, 2.45) is 5.14 Å². The van der Waals surface area contributed by atoms with E-state index in [9.17, 15) is 13.2 Å². The zero-order valence-electron chi connectivity index (χ0n) is 9.97. The zero-order valence-corrected chi connectivity index (χ0v) is 11.5. The van der Waals surface area contributed by atoms with Gasteiger partial charge in [-0.25, -0.2) is 13.6 Å². The van der Waals surface area contributed by atoms with Crippen LogP contribution >= 0.6 is 11.6 Å². The Hall–Kier alpha value is -1.15. The summed E-state index contributed by atoms with van der Waals surface area (Å²) in [6.07, 6.45) is 0. The molecule has 1 aromatic rings. The molecule has 6 nitrogen and oxygen atoms in total. The summed E-state index contributed by atoms with van der Waals surface area (Å²) in [6, 6.07) is 3.87. The van der Waals surface area contributed by atoms with E-state index in [1.54, 1.807) is 19.0 Å². The lowest BCUT2D eigenvalue weighted by molar-refractivity contribution is -0.116. The van der Waals surface area contributed by atoms with Crippen LogP contribution in [0, 0.1) is 0 Å². The topological polar surface area (TPSA) is 92.5 Å². The molecule has 0 aromatic heterocycles. The second kappa shape index (κ2) is 5.66. The number of primary sulfonamides is 1. The first-order valence-corrected chi connectivity index (χ1v) is 6.89. The van der Waals surface area contributed by atoms with Crippen LogP contribution in [0.5, 0.6) is 0 Å². The fourth-order valence-corrected chi connectivity index (χ4v) is 1.96. The highest BCUT2D eigenvalue weighted by Gasteiger charge is 2.12. The second-order valence-electron chi connectivity index (χ2n) is 3.97. The first-order valence-electron chi connectivity index (χ1n) is 4.97. The highest BCUT2D eigenvalue weighted by molar-refractivity contribution is 7.89. The van der Waals surface area contributed by atoms with E-state index in [-0.39, 0.29) is 28.1 Å². The quantitative estimate of drug-likeness (QED) is 0.844. The average Bonchev–Trinajstić information content (AvgIpc) is 2.18. The SMILES string of the molecule is CN(C)CC(=O)Nc1cc(S(N)(=O)=O)ccc1Cl. The van der Waals surface area contributed by atoms with Crippen molar-refractivity contribution in [2.75, 3.05) is 26.0 Å². The molecular weight excluding hydrogens is 278 g/mol. The molecule has 0 radical (unpaired) electrons. The first kappa shape index (κ1) is 14.9. The summed E-state index contributed by atoms with van der Waals surface area (Å²) < 4.78 is 22.3. The van der Waals surface area contributed by atoms with Crippen molar-refractivity contribution in [3.8, 4) is 0 Å². The second-order valence-corrected chi connectivity index (χ2v) is 5.94. The normalized spacial score (nSPS) is 11.6. The summed E-state index contributed by atoms with van der Waals surface area (Å²) in [5.41, 5.74) is 0.218. The number of sulfonamides is 1. The number of rotatable bonds is 4. The lowest BCUT2D eigenvalue weighted by Crippen LogP contribution is -2.27. The summed E-state index contributed by atoms with van der Waals surface area (Å²) >= 11 is 5.86. The highest BCUT2D eigenvalue weighted by Crippen LogP contribution is 2.24. The van der Waals surface area contributed by atoms with Gasteiger partial charge in [-0.1, -0.05) is 11.6 Å². The molecule has 0 saturated heterocycles. The van der Waals surface area contributed by atoms with Crippen LogP contribution < -0.4 is 10.5 Å². The van der Waals surface area contributed by atoms with E-state index >= 15 is 0 Å². The molecule has 1 rings (SSSR count). The van der Waals surface area contributed by atoms with Crippen molar-refractivity contribution in [2.45, 2.75) is 4.90 Å². The van der Waals surface area contributed by atoms with E-state index in [0.29, 0.717) is 0 Å². The van der Waals surface area contributed by atoms with E-state index in [2.05, 4.69) is 5.32 Å². The molecule has 0 fully saturated rings. The van der Waals surface area contributed by atoms with E-state index < -0.39 is 10.0 Å². The van der Waals surface area contributed by atoms with Gasteiger partial charge in [0.25, 0.3) is 0 Å². The number of hydrogen-bond donors (Lipinski definition) is 2. The van der Waals surface area contributed by atoms with E-state index in [1.165, 1.54) is 18.2 Å². The van der Waals surface area contributed by atoms with Crippen molar-refractivity contribution in [3.05, 3.63) is 23.2 Å². The standard InChI is InChI=1S/C10H14ClN3O3S/c1-14(2)6-10(15)13-9-5-7(18(12,16)17)3-4-8(9)11/h3-5H,6H2,1-2H3,(H,13,15)(H2,12,16,17). The maximum atomic E-state index is 11.5. The van der Waals surface area contributed by atoms with Gasteiger partial charge in [0.05, 0.1) is 22.2 Å². The summed E-state index contributed by atoms with van der Waals surface area (Å²) in [4.78, 5) is 13.1. The van der Waals surface area contributed by atoms with Crippen molar-refractivity contribution >= 4 is 33.2 Å². The molecule has 0 atom stereocenters. The number of carbonyl (C=O) groups is 1. The maximum Gasteiger partial charge on any atom is 0.238 e. The van der Waals surface area contributed by atoms with Crippen LogP contribution in [0.3, 0.4) is 0 Å². The predicted molar refractivity (Wildman–Crippen MR) is 70.0 cm³/mol.